The van der Waals surface area contributed by atoms with E-state index in [2.05, 4.69) is 26.2 Å². The van der Waals surface area contributed by atoms with Gasteiger partial charge in [0, 0.05) is 16.7 Å². The molecule has 0 aliphatic heterocycles. The maximum absolute atomic E-state index is 12.3. The third-order valence-electron chi connectivity index (χ3n) is 2.93. The number of aryl methyl sites for hydroxylation is 1. The molecule has 1 aromatic heterocycles. The highest BCUT2D eigenvalue weighted by Gasteiger charge is 2.21. The quantitative estimate of drug-likeness (QED) is 0.662. The SMILES string of the molecule is COc1ccc([N+](=O)[O-])c(C(=O)Nc2cc(C)c(Br)cn2)c1. The molecule has 114 valence electrons. The Bertz CT molecular complexity index is 749. The van der Waals surface area contributed by atoms with Gasteiger partial charge in [-0.05, 0) is 46.6 Å². The van der Waals surface area contributed by atoms with Crippen LogP contribution in [0.1, 0.15) is 15.9 Å². The number of halogens is 1. The Hall–Kier alpha value is -2.48. The number of nitrogens with zero attached hydrogens (tertiary/aromatic N) is 2. The number of pyridine rings is 1. The minimum Gasteiger partial charge on any atom is -0.497 e. The summed E-state index contributed by atoms with van der Waals surface area (Å²) in [5, 5.41) is 13.6. The molecular formula is C14H12BrN3O4. The number of aromatic nitrogens is 1. The van der Waals surface area contributed by atoms with Crippen LogP contribution in [0.2, 0.25) is 0 Å². The van der Waals surface area contributed by atoms with Crippen LogP contribution in [0.4, 0.5) is 11.5 Å². The van der Waals surface area contributed by atoms with Crippen LogP contribution in [-0.4, -0.2) is 22.9 Å². The predicted molar refractivity (Wildman–Crippen MR) is 84.3 cm³/mol. The summed E-state index contributed by atoms with van der Waals surface area (Å²) in [4.78, 5) is 26.7. The first-order valence-corrected chi connectivity index (χ1v) is 6.97. The zero-order chi connectivity index (χ0) is 16.3. The van der Waals surface area contributed by atoms with E-state index in [-0.39, 0.29) is 11.3 Å². The number of carbonyl (C=O) groups is 1. The average Bonchev–Trinajstić information content (AvgIpc) is 2.50. The molecule has 0 unspecified atom stereocenters. The van der Waals surface area contributed by atoms with Gasteiger partial charge in [0.05, 0.1) is 12.0 Å². The Morgan fingerprint density at radius 3 is 2.73 bits per heavy atom. The molecule has 2 aromatic rings. The number of nitro benzene ring substituents is 1. The van der Waals surface area contributed by atoms with Crippen LogP contribution in [0.3, 0.4) is 0 Å². The Kier molecular flexibility index (Phi) is 4.71. The van der Waals surface area contributed by atoms with Crippen molar-refractivity contribution in [1.29, 1.82) is 0 Å². The van der Waals surface area contributed by atoms with Crippen molar-refractivity contribution >= 4 is 33.3 Å². The van der Waals surface area contributed by atoms with Crippen LogP contribution in [0.15, 0.2) is 34.9 Å². The summed E-state index contributed by atoms with van der Waals surface area (Å²) in [6.45, 7) is 1.84. The number of rotatable bonds is 4. The molecule has 0 spiro atoms. The molecule has 0 saturated carbocycles. The lowest BCUT2D eigenvalue weighted by atomic mass is 10.1. The van der Waals surface area contributed by atoms with Crippen LogP contribution in [0, 0.1) is 17.0 Å². The highest BCUT2D eigenvalue weighted by Crippen LogP contribution is 2.25. The summed E-state index contributed by atoms with van der Waals surface area (Å²) in [6.07, 6.45) is 1.55. The normalized spacial score (nSPS) is 10.1. The van der Waals surface area contributed by atoms with E-state index in [4.69, 9.17) is 4.74 Å². The van der Waals surface area contributed by atoms with Crippen LogP contribution >= 0.6 is 15.9 Å². The number of benzene rings is 1. The van der Waals surface area contributed by atoms with Crippen molar-refractivity contribution in [3.8, 4) is 5.75 Å². The van der Waals surface area contributed by atoms with Crippen molar-refractivity contribution < 1.29 is 14.5 Å². The topological polar surface area (TPSA) is 94.4 Å². The van der Waals surface area contributed by atoms with Gasteiger partial charge in [0.2, 0.25) is 0 Å². The standard InChI is InChI=1S/C14H12BrN3O4/c1-8-5-13(16-7-11(8)15)17-14(19)10-6-9(22-2)3-4-12(10)18(20)21/h3-7H,1-2H3,(H,16,17,19). The molecule has 1 N–H and O–H groups in total. The molecule has 0 aliphatic carbocycles. The number of carbonyl (C=O) groups excluding carboxylic acids is 1. The van der Waals surface area contributed by atoms with Gasteiger partial charge in [-0.15, -0.1) is 0 Å². The second-order valence-corrected chi connectivity index (χ2v) is 5.27. The molecule has 0 aliphatic rings. The number of hydrogen-bond donors (Lipinski definition) is 1. The molecule has 7 nitrogen and oxygen atoms in total. The lowest BCUT2D eigenvalue weighted by molar-refractivity contribution is -0.385. The number of amides is 1. The summed E-state index contributed by atoms with van der Waals surface area (Å²) in [5.41, 5.74) is 0.490. The number of hydrogen-bond acceptors (Lipinski definition) is 5. The predicted octanol–water partition coefficient (Wildman–Crippen LogP) is 3.32. The number of ether oxygens (including phenoxy) is 1. The zero-order valence-electron chi connectivity index (χ0n) is 11.8. The van der Waals surface area contributed by atoms with E-state index in [0.717, 1.165) is 10.0 Å². The summed E-state index contributed by atoms with van der Waals surface area (Å²) in [5.74, 6) is 0.0401. The van der Waals surface area contributed by atoms with Crippen molar-refractivity contribution in [3.05, 3.63) is 56.2 Å². The van der Waals surface area contributed by atoms with Crippen LogP contribution in [0.5, 0.6) is 5.75 Å². The fourth-order valence-corrected chi connectivity index (χ4v) is 1.99. The zero-order valence-corrected chi connectivity index (χ0v) is 13.4. The minimum absolute atomic E-state index is 0.0910. The van der Waals surface area contributed by atoms with Gasteiger partial charge < -0.3 is 10.1 Å². The van der Waals surface area contributed by atoms with Gasteiger partial charge in [-0.3, -0.25) is 14.9 Å². The molecule has 1 amide bonds. The number of nitro groups is 1. The van der Waals surface area contributed by atoms with E-state index in [9.17, 15) is 14.9 Å². The first-order chi connectivity index (χ1) is 10.4. The molecule has 1 aromatic carbocycles. The molecule has 0 atom stereocenters. The fraction of sp³-hybridized carbons (Fsp3) is 0.143. The van der Waals surface area contributed by atoms with Crippen molar-refractivity contribution in [2.45, 2.75) is 6.92 Å². The van der Waals surface area contributed by atoms with Crippen molar-refractivity contribution in [2.24, 2.45) is 0 Å². The molecule has 2 rings (SSSR count). The maximum atomic E-state index is 12.3. The maximum Gasteiger partial charge on any atom is 0.282 e. The monoisotopic (exact) mass is 365 g/mol. The van der Waals surface area contributed by atoms with Gasteiger partial charge in [-0.2, -0.15) is 0 Å². The van der Waals surface area contributed by atoms with E-state index in [0.29, 0.717) is 11.6 Å². The second kappa shape index (κ2) is 6.52. The first-order valence-electron chi connectivity index (χ1n) is 6.18. The van der Waals surface area contributed by atoms with Gasteiger partial charge >= 0.3 is 0 Å². The summed E-state index contributed by atoms with van der Waals surface area (Å²) in [6, 6.07) is 5.64. The molecular weight excluding hydrogens is 354 g/mol. The Morgan fingerprint density at radius 2 is 2.14 bits per heavy atom. The summed E-state index contributed by atoms with van der Waals surface area (Å²) >= 11 is 3.31. The summed E-state index contributed by atoms with van der Waals surface area (Å²) in [7, 11) is 1.42. The molecule has 0 saturated heterocycles. The van der Waals surface area contributed by atoms with Gasteiger partial charge in [0.15, 0.2) is 0 Å². The van der Waals surface area contributed by atoms with E-state index in [1.165, 1.54) is 25.3 Å². The molecule has 22 heavy (non-hydrogen) atoms. The first kappa shape index (κ1) is 15.9. The van der Waals surface area contributed by atoms with Gasteiger partial charge in [-0.1, -0.05) is 0 Å². The van der Waals surface area contributed by atoms with Crippen molar-refractivity contribution in [2.75, 3.05) is 12.4 Å². The fourth-order valence-electron chi connectivity index (χ4n) is 1.77. The summed E-state index contributed by atoms with van der Waals surface area (Å²) < 4.78 is 5.80. The Labute approximate surface area is 134 Å². The second-order valence-electron chi connectivity index (χ2n) is 4.41. The van der Waals surface area contributed by atoms with Crippen LogP contribution < -0.4 is 10.1 Å². The van der Waals surface area contributed by atoms with Gasteiger partial charge in [0.25, 0.3) is 11.6 Å². The Balaban J connectivity index is 2.35. The third-order valence-corrected chi connectivity index (χ3v) is 3.76. The van der Waals surface area contributed by atoms with Crippen molar-refractivity contribution in [1.82, 2.24) is 4.98 Å². The molecule has 0 fully saturated rings. The number of nitrogens with one attached hydrogen (secondary N) is 1. The van der Waals surface area contributed by atoms with E-state index in [1.54, 1.807) is 12.3 Å². The smallest absolute Gasteiger partial charge is 0.282 e. The third kappa shape index (κ3) is 3.40. The van der Waals surface area contributed by atoms with E-state index >= 15 is 0 Å². The lowest BCUT2D eigenvalue weighted by Crippen LogP contribution is -2.15. The molecule has 0 radical (unpaired) electrons. The van der Waals surface area contributed by atoms with Crippen molar-refractivity contribution in [3.63, 3.8) is 0 Å². The lowest BCUT2D eigenvalue weighted by Gasteiger charge is -2.08. The number of methoxy groups -OCH3 is 1. The van der Waals surface area contributed by atoms with E-state index in [1.807, 2.05) is 6.92 Å². The van der Waals surface area contributed by atoms with Crippen LogP contribution in [-0.2, 0) is 0 Å². The van der Waals surface area contributed by atoms with Gasteiger partial charge in [0.1, 0.15) is 17.1 Å². The van der Waals surface area contributed by atoms with Crippen LogP contribution in [0.25, 0.3) is 0 Å². The van der Waals surface area contributed by atoms with Gasteiger partial charge in [-0.25, -0.2) is 4.98 Å². The highest BCUT2D eigenvalue weighted by molar-refractivity contribution is 9.10. The average molecular weight is 366 g/mol. The molecule has 0 bridgehead atoms. The largest absolute Gasteiger partial charge is 0.497 e. The minimum atomic E-state index is -0.625. The highest BCUT2D eigenvalue weighted by atomic mass is 79.9. The Morgan fingerprint density at radius 1 is 1.41 bits per heavy atom. The molecule has 8 heteroatoms. The molecule has 1 heterocycles. The number of anilines is 1. The van der Waals surface area contributed by atoms with E-state index < -0.39 is 10.8 Å².